The van der Waals surface area contributed by atoms with E-state index in [-0.39, 0.29) is 23.7 Å². The highest BCUT2D eigenvalue weighted by Gasteiger charge is 2.31. The van der Waals surface area contributed by atoms with Crippen molar-refractivity contribution in [1.82, 2.24) is 0 Å². The van der Waals surface area contributed by atoms with Gasteiger partial charge >= 0.3 is 6.18 Å². The zero-order chi connectivity index (χ0) is 14.8. The molecule has 0 N–H and O–H groups in total. The van der Waals surface area contributed by atoms with Gasteiger partial charge < -0.3 is 4.74 Å². The van der Waals surface area contributed by atoms with Crippen LogP contribution >= 0.6 is 15.9 Å². The van der Waals surface area contributed by atoms with Gasteiger partial charge in [-0.05, 0) is 37.0 Å². The summed E-state index contributed by atoms with van der Waals surface area (Å²) in [5.74, 6) is -0.0624. The van der Waals surface area contributed by atoms with Crippen LogP contribution < -0.4 is 0 Å². The van der Waals surface area contributed by atoms with E-state index in [1.54, 1.807) is 0 Å². The van der Waals surface area contributed by atoms with Gasteiger partial charge in [-0.15, -0.1) is 0 Å². The van der Waals surface area contributed by atoms with E-state index in [0.717, 1.165) is 25.0 Å². The molecule has 0 atom stereocenters. The Morgan fingerprint density at radius 3 is 2.55 bits per heavy atom. The van der Waals surface area contributed by atoms with Crippen LogP contribution in [0.5, 0.6) is 0 Å². The van der Waals surface area contributed by atoms with Crippen LogP contribution in [0.15, 0.2) is 22.7 Å². The number of benzene rings is 1. The summed E-state index contributed by atoms with van der Waals surface area (Å²) < 4.78 is 43.6. The molecule has 2 rings (SSSR count). The van der Waals surface area contributed by atoms with Crippen molar-refractivity contribution in [3.05, 3.63) is 33.8 Å². The minimum absolute atomic E-state index is 0.103. The van der Waals surface area contributed by atoms with Crippen LogP contribution in [0, 0.1) is 5.92 Å². The predicted octanol–water partition coefficient (Wildman–Crippen LogP) is 4.47. The second kappa shape index (κ2) is 6.26. The molecule has 0 aliphatic carbocycles. The standard InChI is InChI=1S/C14H14BrF3O2/c15-12-2-1-10(14(16,17)18)8-11(12)13(19)7-9-3-5-20-6-4-9/h1-2,8-9H,3-7H2. The van der Waals surface area contributed by atoms with Crippen LogP contribution in [0.25, 0.3) is 0 Å². The van der Waals surface area contributed by atoms with Gasteiger partial charge in [-0.3, -0.25) is 4.79 Å². The minimum Gasteiger partial charge on any atom is -0.381 e. The first-order chi connectivity index (χ1) is 9.38. The highest BCUT2D eigenvalue weighted by Crippen LogP contribution is 2.33. The Kier molecular flexibility index (Phi) is 4.86. The van der Waals surface area contributed by atoms with Crippen molar-refractivity contribution in [1.29, 1.82) is 0 Å². The SMILES string of the molecule is O=C(CC1CCOCC1)c1cc(C(F)(F)F)ccc1Br. The Balaban J connectivity index is 2.16. The molecule has 110 valence electrons. The second-order valence-corrected chi connectivity index (χ2v) is 5.73. The number of halogens is 4. The smallest absolute Gasteiger partial charge is 0.381 e. The van der Waals surface area contributed by atoms with Crippen LogP contribution in [0.3, 0.4) is 0 Å². The first-order valence-corrected chi connectivity index (χ1v) is 7.15. The van der Waals surface area contributed by atoms with Crippen molar-refractivity contribution in [3.8, 4) is 0 Å². The molecule has 0 unspecified atom stereocenters. The molecule has 0 bridgehead atoms. The predicted molar refractivity (Wildman–Crippen MR) is 71.6 cm³/mol. The summed E-state index contributed by atoms with van der Waals surface area (Å²) in [4.78, 5) is 12.2. The number of alkyl halides is 3. The largest absolute Gasteiger partial charge is 0.416 e. The molecule has 1 fully saturated rings. The Morgan fingerprint density at radius 2 is 1.95 bits per heavy atom. The molecule has 0 aromatic heterocycles. The van der Waals surface area contributed by atoms with Crippen molar-refractivity contribution >= 4 is 21.7 Å². The van der Waals surface area contributed by atoms with E-state index in [0.29, 0.717) is 17.7 Å². The molecule has 0 spiro atoms. The van der Waals surface area contributed by atoms with Gasteiger partial charge in [0.2, 0.25) is 0 Å². The fraction of sp³-hybridized carbons (Fsp3) is 0.500. The molecular formula is C14H14BrF3O2. The molecule has 0 amide bonds. The summed E-state index contributed by atoms with van der Waals surface area (Å²) in [5, 5.41) is 0. The number of ketones is 1. The number of ether oxygens (including phenoxy) is 1. The van der Waals surface area contributed by atoms with Gasteiger partial charge in [0, 0.05) is 29.7 Å². The molecule has 20 heavy (non-hydrogen) atoms. The molecular weight excluding hydrogens is 337 g/mol. The molecule has 0 radical (unpaired) electrons. The van der Waals surface area contributed by atoms with Gasteiger partial charge in [0.15, 0.2) is 5.78 Å². The third-order valence-electron chi connectivity index (χ3n) is 3.41. The van der Waals surface area contributed by atoms with Crippen LogP contribution in [0.4, 0.5) is 13.2 Å². The normalized spacial score (nSPS) is 17.2. The molecule has 1 heterocycles. The summed E-state index contributed by atoms with van der Waals surface area (Å²) in [5.41, 5.74) is -0.692. The maximum absolute atomic E-state index is 12.7. The first kappa shape index (κ1) is 15.5. The first-order valence-electron chi connectivity index (χ1n) is 6.35. The lowest BCUT2D eigenvalue weighted by Crippen LogP contribution is -2.19. The zero-order valence-corrected chi connectivity index (χ0v) is 12.3. The summed E-state index contributed by atoms with van der Waals surface area (Å²) in [6.45, 7) is 1.23. The van der Waals surface area contributed by atoms with E-state index in [2.05, 4.69) is 15.9 Å². The highest BCUT2D eigenvalue weighted by molar-refractivity contribution is 9.10. The Morgan fingerprint density at radius 1 is 1.30 bits per heavy atom. The number of rotatable bonds is 3. The van der Waals surface area contributed by atoms with Gasteiger partial charge in [-0.25, -0.2) is 0 Å². The van der Waals surface area contributed by atoms with E-state index in [4.69, 9.17) is 4.74 Å². The topological polar surface area (TPSA) is 26.3 Å². The van der Waals surface area contributed by atoms with Gasteiger partial charge in [0.05, 0.1) is 5.56 Å². The van der Waals surface area contributed by atoms with Gasteiger partial charge in [0.1, 0.15) is 0 Å². The monoisotopic (exact) mass is 350 g/mol. The van der Waals surface area contributed by atoms with Crippen molar-refractivity contribution < 1.29 is 22.7 Å². The molecule has 1 saturated heterocycles. The molecule has 1 aromatic carbocycles. The number of carbonyl (C=O) groups is 1. The van der Waals surface area contributed by atoms with E-state index < -0.39 is 11.7 Å². The molecule has 0 saturated carbocycles. The van der Waals surface area contributed by atoms with Crippen LogP contribution in [-0.4, -0.2) is 19.0 Å². The molecule has 1 aromatic rings. The van der Waals surface area contributed by atoms with E-state index >= 15 is 0 Å². The van der Waals surface area contributed by atoms with Crippen molar-refractivity contribution in [3.63, 3.8) is 0 Å². The number of hydrogen-bond donors (Lipinski definition) is 0. The summed E-state index contributed by atoms with van der Waals surface area (Å²) in [6.07, 6.45) is -2.61. The third-order valence-corrected chi connectivity index (χ3v) is 4.10. The molecule has 2 nitrogen and oxygen atoms in total. The Bertz CT molecular complexity index is 494. The van der Waals surface area contributed by atoms with Crippen molar-refractivity contribution in [2.45, 2.75) is 25.4 Å². The minimum atomic E-state index is -4.44. The lowest BCUT2D eigenvalue weighted by atomic mass is 9.91. The van der Waals surface area contributed by atoms with Crippen LogP contribution in [0.1, 0.15) is 35.2 Å². The average molecular weight is 351 g/mol. The maximum Gasteiger partial charge on any atom is 0.416 e. The van der Waals surface area contributed by atoms with Crippen LogP contribution in [0.2, 0.25) is 0 Å². The average Bonchev–Trinajstić information content (AvgIpc) is 2.39. The summed E-state index contributed by atoms with van der Waals surface area (Å²) >= 11 is 3.15. The van der Waals surface area contributed by atoms with Gasteiger partial charge in [0.25, 0.3) is 0 Å². The maximum atomic E-state index is 12.7. The summed E-state index contributed by atoms with van der Waals surface area (Å²) in [7, 11) is 0. The summed E-state index contributed by atoms with van der Waals surface area (Å²) in [6, 6.07) is 3.17. The number of hydrogen-bond acceptors (Lipinski definition) is 2. The molecule has 1 aliphatic heterocycles. The van der Waals surface area contributed by atoms with E-state index in [1.165, 1.54) is 6.07 Å². The number of carbonyl (C=O) groups excluding carboxylic acids is 1. The Labute approximate surface area is 123 Å². The van der Waals surface area contributed by atoms with Crippen molar-refractivity contribution in [2.75, 3.05) is 13.2 Å². The highest BCUT2D eigenvalue weighted by atomic mass is 79.9. The third kappa shape index (κ3) is 3.82. The van der Waals surface area contributed by atoms with E-state index in [1.807, 2.05) is 0 Å². The fourth-order valence-electron chi connectivity index (χ4n) is 2.24. The van der Waals surface area contributed by atoms with Crippen LogP contribution in [-0.2, 0) is 10.9 Å². The van der Waals surface area contributed by atoms with Gasteiger partial charge in [-0.1, -0.05) is 15.9 Å². The molecule has 6 heteroatoms. The lowest BCUT2D eigenvalue weighted by molar-refractivity contribution is -0.137. The Hall–Kier alpha value is -0.880. The van der Waals surface area contributed by atoms with Gasteiger partial charge in [-0.2, -0.15) is 13.2 Å². The fourth-order valence-corrected chi connectivity index (χ4v) is 2.71. The van der Waals surface area contributed by atoms with Crippen molar-refractivity contribution in [2.24, 2.45) is 5.92 Å². The van der Waals surface area contributed by atoms with E-state index in [9.17, 15) is 18.0 Å². The lowest BCUT2D eigenvalue weighted by Gasteiger charge is -2.21. The quantitative estimate of drug-likeness (QED) is 0.752. The second-order valence-electron chi connectivity index (χ2n) is 4.88. The zero-order valence-electron chi connectivity index (χ0n) is 10.7. The molecule has 1 aliphatic rings. The number of Topliss-reactive ketones (excluding diaryl/α,β-unsaturated/α-hetero) is 1.